The van der Waals surface area contributed by atoms with Crippen LogP contribution in [0.2, 0.25) is 0 Å². The van der Waals surface area contributed by atoms with Crippen molar-refractivity contribution >= 4 is 22.5 Å². The summed E-state index contributed by atoms with van der Waals surface area (Å²) >= 11 is 0. The van der Waals surface area contributed by atoms with E-state index in [0.717, 1.165) is 5.39 Å². The van der Waals surface area contributed by atoms with Crippen molar-refractivity contribution in [1.29, 1.82) is 0 Å². The number of amides is 1. The first-order valence-electron chi connectivity index (χ1n) is 9.48. The van der Waals surface area contributed by atoms with Gasteiger partial charge in [-0.1, -0.05) is 18.2 Å². The number of rotatable bonds is 3. The van der Waals surface area contributed by atoms with Gasteiger partial charge in [0.2, 0.25) is 5.88 Å². The molecule has 0 bridgehead atoms. The first-order chi connectivity index (χ1) is 14.5. The number of hydrogen-bond donors (Lipinski definition) is 0. The second-order valence-corrected chi connectivity index (χ2v) is 7.14. The Morgan fingerprint density at radius 3 is 2.77 bits per heavy atom. The fourth-order valence-electron chi connectivity index (χ4n) is 3.59. The minimum Gasteiger partial charge on any atom is -0.466 e. The van der Waals surface area contributed by atoms with Crippen molar-refractivity contribution in [3.8, 4) is 5.88 Å². The van der Waals surface area contributed by atoms with Gasteiger partial charge in [-0.2, -0.15) is 0 Å². The van der Waals surface area contributed by atoms with Crippen LogP contribution in [0.1, 0.15) is 16.9 Å². The highest BCUT2D eigenvalue weighted by atomic mass is 19.3. The van der Waals surface area contributed by atoms with Crippen LogP contribution >= 0.6 is 0 Å². The van der Waals surface area contributed by atoms with Gasteiger partial charge < -0.3 is 14.0 Å². The van der Waals surface area contributed by atoms with Gasteiger partial charge in [0.25, 0.3) is 11.8 Å². The Labute approximate surface area is 169 Å². The van der Waals surface area contributed by atoms with E-state index >= 15 is 0 Å². The molecule has 0 aliphatic carbocycles. The van der Waals surface area contributed by atoms with Gasteiger partial charge in [-0.15, -0.1) is 0 Å². The van der Waals surface area contributed by atoms with Crippen LogP contribution in [0.3, 0.4) is 0 Å². The number of benzene rings is 1. The number of piperidine rings is 1. The lowest BCUT2D eigenvalue weighted by molar-refractivity contribution is -0.131. The van der Waals surface area contributed by atoms with E-state index in [1.807, 2.05) is 18.2 Å². The van der Waals surface area contributed by atoms with Crippen LogP contribution < -0.4 is 4.74 Å². The first-order valence-corrected chi connectivity index (χ1v) is 9.48. The molecular formula is C21H17F2N5O2. The van der Waals surface area contributed by atoms with Gasteiger partial charge in [-0.3, -0.25) is 4.79 Å². The number of carbonyl (C=O) groups excluding carboxylic acids is 1. The summed E-state index contributed by atoms with van der Waals surface area (Å²) in [4.78, 5) is 26.9. The number of fused-ring (bicyclic) bond motifs is 2. The number of aromatic nitrogens is 4. The van der Waals surface area contributed by atoms with E-state index in [4.69, 9.17) is 4.74 Å². The third-order valence-electron chi connectivity index (χ3n) is 5.21. The topological polar surface area (TPSA) is 72.6 Å². The summed E-state index contributed by atoms with van der Waals surface area (Å²) in [6, 6.07) is 10.7. The molecule has 3 aromatic heterocycles. The summed E-state index contributed by atoms with van der Waals surface area (Å²) in [6.45, 7) is -0.371. The number of carbonyl (C=O) groups is 1. The zero-order valence-corrected chi connectivity index (χ0v) is 15.8. The van der Waals surface area contributed by atoms with Crippen LogP contribution in [0, 0.1) is 0 Å². The van der Waals surface area contributed by atoms with E-state index in [0.29, 0.717) is 11.2 Å². The molecule has 1 unspecified atom stereocenters. The summed E-state index contributed by atoms with van der Waals surface area (Å²) in [7, 11) is 0. The number of likely N-dealkylation sites (tertiary alicyclic amines) is 1. The van der Waals surface area contributed by atoms with Crippen LogP contribution in [-0.2, 0) is 0 Å². The van der Waals surface area contributed by atoms with Gasteiger partial charge in [0, 0.05) is 49.2 Å². The molecule has 1 fully saturated rings. The number of pyridine rings is 1. The lowest BCUT2D eigenvalue weighted by Gasteiger charge is -2.37. The maximum atomic E-state index is 14.6. The minimum atomic E-state index is -3.09. The minimum absolute atomic E-state index is 0.0969. The summed E-state index contributed by atoms with van der Waals surface area (Å²) in [5, 5.41) is 0.885. The molecule has 0 N–H and O–H groups in total. The van der Waals surface area contributed by atoms with Gasteiger partial charge in [0.15, 0.2) is 17.4 Å². The molecule has 0 radical (unpaired) electrons. The van der Waals surface area contributed by atoms with E-state index < -0.39 is 24.4 Å². The molecular weight excluding hydrogens is 392 g/mol. The largest absolute Gasteiger partial charge is 0.466 e. The third-order valence-corrected chi connectivity index (χ3v) is 5.21. The summed E-state index contributed by atoms with van der Waals surface area (Å²) in [5.41, 5.74) is 1.15. The van der Waals surface area contributed by atoms with Gasteiger partial charge in [0.1, 0.15) is 0 Å². The Balaban J connectivity index is 1.40. The van der Waals surface area contributed by atoms with Crippen molar-refractivity contribution in [2.75, 3.05) is 13.1 Å². The number of halogens is 2. The van der Waals surface area contributed by atoms with E-state index in [9.17, 15) is 13.6 Å². The smallest absolute Gasteiger partial charge is 0.287 e. The number of ether oxygens (including phenoxy) is 1. The highest BCUT2D eigenvalue weighted by Crippen LogP contribution is 2.32. The summed E-state index contributed by atoms with van der Waals surface area (Å²) in [5.74, 6) is -3.44. The Bertz CT molecular complexity index is 1240. The van der Waals surface area contributed by atoms with Crippen LogP contribution in [0.15, 0.2) is 61.2 Å². The van der Waals surface area contributed by atoms with Crippen molar-refractivity contribution in [1.82, 2.24) is 24.3 Å². The molecule has 9 heteroatoms. The fraction of sp³-hybridized carbons (Fsp3) is 0.238. The second kappa shape index (κ2) is 7.01. The SMILES string of the molecule is O=C(c1nccn2ccnc12)N1CCC(F)(F)C(Oc2ccc3ccccc3n2)C1. The second-order valence-electron chi connectivity index (χ2n) is 7.14. The number of para-hydroxylation sites is 1. The van der Waals surface area contributed by atoms with Crippen molar-refractivity contribution in [2.24, 2.45) is 0 Å². The predicted octanol–water partition coefficient (Wildman–Crippen LogP) is 3.21. The maximum Gasteiger partial charge on any atom is 0.287 e. The van der Waals surface area contributed by atoms with Crippen LogP contribution in [0.25, 0.3) is 16.6 Å². The maximum absolute atomic E-state index is 14.6. The van der Waals surface area contributed by atoms with E-state index in [1.54, 1.807) is 41.2 Å². The molecule has 1 aliphatic rings. The van der Waals surface area contributed by atoms with Crippen LogP contribution in [0.5, 0.6) is 5.88 Å². The zero-order chi connectivity index (χ0) is 20.7. The Hall–Kier alpha value is -3.62. The highest BCUT2D eigenvalue weighted by molar-refractivity contribution is 5.97. The quantitative estimate of drug-likeness (QED) is 0.520. The zero-order valence-electron chi connectivity index (χ0n) is 15.8. The fourth-order valence-corrected chi connectivity index (χ4v) is 3.59. The van der Waals surface area contributed by atoms with Crippen molar-refractivity contribution in [3.63, 3.8) is 0 Å². The Morgan fingerprint density at radius 2 is 1.90 bits per heavy atom. The average Bonchev–Trinajstić information content (AvgIpc) is 3.23. The summed E-state index contributed by atoms with van der Waals surface area (Å²) in [6.07, 6.45) is 4.37. The van der Waals surface area contributed by atoms with E-state index in [1.165, 1.54) is 11.1 Å². The highest BCUT2D eigenvalue weighted by Gasteiger charge is 2.47. The molecule has 1 saturated heterocycles. The van der Waals surface area contributed by atoms with Crippen molar-refractivity contribution in [3.05, 3.63) is 66.9 Å². The molecule has 1 aromatic carbocycles. The third kappa shape index (κ3) is 3.22. The van der Waals surface area contributed by atoms with Gasteiger partial charge in [-0.25, -0.2) is 23.7 Å². The lowest BCUT2D eigenvalue weighted by Crippen LogP contribution is -2.55. The molecule has 4 heterocycles. The van der Waals surface area contributed by atoms with E-state index in [-0.39, 0.29) is 24.7 Å². The molecule has 4 aromatic rings. The molecule has 30 heavy (non-hydrogen) atoms. The van der Waals surface area contributed by atoms with Crippen molar-refractivity contribution < 1.29 is 18.3 Å². The number of alkyl halides is 2. The monoisotopic (exact) mass is 409 g/mol. The molecule has 5 rings (SSSR count). The van der Waals surface area contributed by atoms with Crippen molar-refractivity contribution in [2.45, 2.75) is 18.4 Å². The summed E-state index contributed by atoms with van der Waals surface area (Å²) < 4.78 is 36.4. The van der Waals surface area contributed by atoms with Crippen LogP contribution in [0.4, 0.5) is 8.78 Å². The lowest BCUT2D eigenvalue weighted by atomic mass is 10.0. The predicted molar refractivity (Wildman–Crippen MR) is 105 cm³/mol. The molecule has 7 nitrogen and oxygen atoms in total. The number of hydrogen-bond acceptors (Lipinski definition) is 5. The normalized spacial score (nSPS) is 18.6. The van der Waals surface area contributed by atoms with Gasteiger partial charge >= 0.3 is 0 Å². The molecule has 0 spiro atoms. The molecule has 1 aliphatic heterocycles. The van der Waals surface area contributed by atoms with E-state index in [2.05, 4.69) is 15.0 Å². The Morgan fingerprint density at radius 1 is 1.10 bits per heavy atom. The Kier molecular flexibility index (Phi) is 4.30. The first kappa shape index (κ1) is 18.4. The van der Waals surface area contributed by atoms with Gasteiger partial charge in [0.05, 0.1) is 12.1 Å². The average molecular weight is 409 g/mol. The molecule has 152 valence electrons. The molecule has 1 atom stereocenters. The molecule has 0 saturated carbocycles. The number of imidazole rings is 1. The van der Waals surface area contributed by atoms with Gasteiger partial charge in [-0.05, 0) is 12.1 Å². The van der Waals surface area contributed by atoms with Crippen LogP contribution in [-0.4, -0.2) is 55.3 Å². The standard InChI is InChI=1S/C21H17F2N5O2/c22-21(23)7-10-28(20(29)18-19-25-9-12-27(19)11-8-24-18)13-16(21)30-17-6-5-14-3-1-2-4-15(14)26-17/h1-6,8-9,11-12,16H,7,10,13H2. The number of nitrogens with zero attached hydrogens (tertiary/aromatic N) is 5. The molecule has 1 amide bonds.